The summed E-state index contributed by atoms with van der Waals surface area (Å²) in [5.41, 5.74) is 0.0701. The summed E-state index contributed by atoms with van der Waals surface area (Å²) in [7, 11) is 0. The number of urea groups is 1. The molecular weight excluding hydrogens is 392 g/mol. The largest absolute Gasteiger partial charge is 0.392 e. The van der Waals surface area contributed by atoms with Crippen LogP contribution in [-0.2, 0) is 4.79 Å². The van der Waals surface area contributed by atoms with Crippen molar-refractivity contribution in [1.29, 1.82) is 0 Å². The maximum Gasteiger partial charge on any atom is 0.315 e. The SMILES string of the molecule is CCNC(=O)N[C@H]1CC[C@]2(C)CC[C@H]([C@H](C)C(=O)NCCN3CCCC3)[C@H](O)[C@H]2[C@@H]1C. The van der Waals surface area contributed by atoms with Crippen molar-refractivity contribution in [1.82, 2.24) is 20.9 Å². The molecule has 7 heteroatoms. The molecule has 3 aliphatic rings. The Kier molecular flexibility index (Phi) is 8.25. The predicted octanol–water partition coefficient (Wildman–Crippen LogP) is 2.35. The van der Waals surface area contributed by atoms with Crippen molar-refractivity contribution in [2.75, 3.05) is 32.7 Å². The molecule has 0 radical (unpaired) electrons. The van der Waals surface area contributed by atoms with Gasteiger partial charge in [-0.15, -0.1) is 0 Å². The number of aliphatic hydroxyl groups is 1. The highest BCUT2D eigenvalue weighted by atomic mass is 16.3. The highest BCUT2D eigenvalue weighted by Gasteiger charge is 2.53. The molecule has 7 nitrogen and oxygen atoms in total. The molecular formula is C24H44N4O3. The standard InChI is InChI=1S/C24H44N4O3/c1-5-25-23(31)27-19-9-11-24(4)10-8-18(21(29)20(24)17(19)3)16(2)22(30)26-12-15-28-13-6-7-14-28/h16-21,29H,5-15H2,1-4H3,(H,26,30)(H2,25,27,31)/t16-,17+,18+,19-,20+,21-,24-/m0/s1. The molecule has 2 aliphatic carbocycles. The number of rotatable bonds is 7. The van der Waals surface area contributed by atoms with Crippen LogP contribution in [0.15, 0.2) is 0 Å². The number of likely N-dealkylation sites (tertiary alicyclic amines) is 1. The molecule has 3 fully saturated rings. The Morgan fingerprint density at radius 1 is 1.16 bits per heavy atom. The highest BCUT2D eigenvalue weighted by Crippen LogP contribution is 2.55. The fraction of sp³-hybridized carbons (Fsp3) is 0.917. The quantitative estimate of drug-likeness (QED) is 0.493. The first-order valence-electron chi connectivity index (χ1n) is 12.5. The van der Waals surface area contributed by atoms with Gasteiger partial charge in [-0.25, -0.2) is 4.79 Å². The summed E-state index contributed by atoms with van der Waals surface area (Å²) >= 11 is 0. The topological polar surface area (TPSA) is 93.7 Å². The van der Waals surface area contributed by atoms with Gasteiger partial charge in [-0.1, -0.05) is 20.8 Å². The maximum absolute atomic E-state index is 12.9. The summed E-state index contributed by atoms with van der Waals surface area (Å²) in [6, 6.07) is -0.0711. The Morgan fingerprint density at radius 3 is 2.52 bits per heavy atom. The van der Waals surface area contributed by atoms with Crippen LogP contribution >= 0.6 is 0 Å². The number of hydrogen-bond donors (Lipinski definition) is 4. The van der Waals surface area contributed by atoms with Crippen LogP contribution < -0.4 is 16.0 Å². The lowest BCUT2D eigenvalue weighted by Gasteiger charge is -2.56. The zero-order chi connectivity index (χ0) is 22.6. The van der Waals surface area contributed by atoms with Crippen LogP contribution in [0, 0.1) is 29.1 Å². The Labute approximate surface area is 188 Å². The molecule has 178 valence electrons. The van der Waals surface area contributed by atoms with Gasteiger partial charge < -0.3 is 26.0 Å². The van der Waals surface area contributed by atoms with Crippen LogP contribution in [-0.4, -0.2) is 66.8 Å². The molecule has 0 spiro atoms. The molecule has 0 aromatic carbocycles. The van der Waals surface area contributed by atoms with Crippen LogP contribution in [0.25, 0.3) is 0 Å². The zero-order valence-corrected chi connectivity index (χ0v) is 20.0. The number of amides is 3. The lowest BCUT2D eigenvalue weighted by Crippen LogP contribution is -2.59. The summed E-state index contributed by atoms with van der Waals surface area (Å²) in [5.74, 6) is 0.0845. The summed E-state index contributed by atoms with van der Waals surface area (Å²) < 4.78 is 0. The van der Waals surface area contributed by atoms with E-state index in [-0.39, 0.29) is 47.1 Å². The van der Waals surface area contributed by atoms with Crippen LogP contribution in [0.1, 0.15) is 66.2 Å². The normalized spacial score (nSPS) is 37.0. The lowest BCUT2D eigenvalue weighted by atomic mass is 9.52. The third-order valence-electron chi connectivity index (χ3n) is 8.52. The van der Waals surface area contributed by atoms with Gasteiger partial charge in [0, 0.05) is 31.6 Å². The molecule has 1 heterocycles. The molecule has 3 amide bonds. The van der Waals surface area contributed by atoms with Crippen molar-refractivity contribution >= 4 is 11.9 Å². The second-order valence-corrected chi connectivity index (χ2v) is 10.5. The zero-order valence-electron chi connectivity index (χ0n) is 20.0. The minimum Gasteiger partial charge on any atom is -0.392 e. The van der Waals surface area contributed by atoms with Gasteiger partial charge in [-0.3, -0.25) is 4.79 Å². The van der Waals surface area contributed by atoms with E-state index >= 15 is 0 Å². The third kappa shape index (κ3) is 5.54. The molecule has 1 aliphatic heterocycles. The molecule has 7 atom stereocenters. The second-order valence-electron chi connectivity index (χ2n) is 10.5. The van der Waals surface area contributed by atoms with Gasteiger partial charge in [0.1, 0.15) is 0 Å². The minimum atomic E-state index is -0.521. The van der Waals surface area contributed by atoms with Gasteiger partial charge in [0.05, 0.1) is 6.10 Å². The van der Waals surface area contributed by atoms with E-state index in [0.29, 0.717) is 13.1 Å². The highest BCUT2D eigenvalue weighted by molar-refractivity contribution is 5.78. The number of carbonyl (C=O) groups is 2. The van der Waals surface area contributed by atoms with Gasteiger partial charge in [0.25, 0.3) is 0 Å². The van der Waals surface area contributed by atoms with Crippen LogP contribution in [0.4, 0.5) is 4.79 Å². The van der Waals surface area contributed by atoms with Crippen molar-refractivity contribution in [3.8, 4) is 0 Å². The van der Waals surface area contributed by atoms with Crippen LogP contribution in [0.3, 0.4) is 0 Å². The average Bonchev–Trinajstić information content (AvgIpc) is 3.23. The Hall–Kier alpha value is -1.34. The summed E-state index contributed by atoms with van der Waals surface area (Å²) in [6.45, 7) is 12.8. The van der Waals surface area contributed by atoms with E-state index < -0.39 is 6.10 Å². The maximum atomic E-state index is 12.9. The number of nitrogens with zero attached hydrogens (tertiary/aromatic N) is 1. The van der Waals surface area contributed by atoms with Gasteiger partial charge in [-0.2, -0.15) is 0 Å². The summed E-state index contributed by atoms with van der Waals surface area (Å²) in [6.07, 6.45) is 5.85. The number of nitrogens with one attached hydrogen (secondary N) is 3. The molecule has 0 unspecified atom stereocenters. The van der Waals surface area contributed by atoms with Gasteiger partial charge in [-0.05, 0) is 81.7 Å². The van der Waals surface area contributed by atoms with Crippen molar-refractivity contribution in [2.24, 2.45) is 29.1 Å². The first kappa shape index (κ1) is 24.3. The summed E-state index contributed by atoms with van der Waals surface area (Å²) in [4.78, 5) is 27.4. The molecule has 1 saturated heterocycles. The predicted molar refractivity (Wildman–Crippen MR) is 123 cm³/mol. The average molecular weight is 437 g/mol. The molecule has 0 bridgehead atoms. The van der Waals surface area contributed by atoms with E-state index in [2.05, 4.69) is 34.7 Å². The van der Waals surface area contributed by atoms with Gasteiger partial charge in [0.15, 0.2) is 0 Å². The minimum absolute atomic E-state index is 0.0319. The van der Waals surface area contributed by atoms with Crippen molar-refractivity contribution < 1.29 is 14.7 Å². The third-order valence-corrected chi connectivity index (χ3v) is 8.52. The van der Waals surface area contributed by atoms with E-state index in [1.54, 1.807) is 0 Å². The second kappa shape index (κ2) is 10.5. The molecule has 0 aromatic heterocycles. The molecule has 4 N–H and O–H groups in total. The fourth-order valence-corrected chi connectivity index (χ4v) is 6.58. The Bertz CT molecular complexity index is 624. The van der Waals surface area contributed by atoms with E-state index in [1.165, 1.54) is 12.8 Å². The van der Waals surface area contributed by atoms with Gasteiger partial charge in [0.2, 0.25) is 5.91 Å². The van der Waals surface area contributed by atoms with Crippen LogP contribution in [0.5, 0.6) is 0 Å². The number of aliphatic hydroxyl groups excluding tert-OH is 1. The molecule has 31 heavy (non-hydrogen) atoms. The number of carbonyl (C=O) groups excluding carboxylic acids is 2. The molecule has 2 saturated carbocycles. The monoisotopic (exact) mass is 436 g/mol. The van der Waals surface area contributed by atoms with E-state index in [9.17, 15) is 14.7 Å². The Morgan fingerprint density at radius 2 is 1.84 bits per heavy atom. The number of fused-ring (bicyclic) bond motifs is 1. The summed E-state index contributed by atoms with van der Waals surface area (Å²) in [5, 5.41) is 20.5. The van der Waals surface area contributed by atoms with E-state index in [0.717, 1.165) is 45.3 Å². The first-order valence-corrected chi connectivity index (χ1v) is 12.5. The van der Waals surface area contributed by atoms with Crippen molar-refractivity contribution in [2.45, 2.75) is 78.4 Å². The molecule has 0 aromatic rings. The number of hydrogen-bond acceptors (Lipinski definition) is 4. The van der Waals surface area contributed by atoms with Crippen molar-refractivity contribution in [3.05, 3.63) is 0 Å². The van der Waals surface area contributed by atoms with Crippen LogP contribution in [0.2, 0.25) is 0 Å². The van der Waals surface area contributed by atoms with Crippen molar-refractivity contribution in [3.63, 3.8) is 0 Å². The fourth-order valence-electron chi connectivity index (χ4n) is 6.58. The van der Waals surface area contributed by atoms with E-state index in [1.807, 2.05) is 13.8 Å². The van der Waals surface area contributed by atoms with E-state index in [4.69, 9.17) is 0 Å². The Balaban J connectivity index is 1.59. The van der Waals surface area contributed by atoms with Gasteiger partial charge >= 0.3 is 6.03 Å². The lowest BCUT2D eigenvalue weighted by molar-refractivity contribution is -0.141. The first-order chi connectivity index (χ1) is 14.8. The molecule has 3 rings (SSSR count). The smallest absolute Gasteiger partial charge is 0.315 e.